The summed E-state index contributed by atoms with van der Waals surface area (Å²) in [5.74, 6) is 2.94. The first kappa shape index (κ1) is 20.5. The number of para-hydroxylation sites is 1. The van der Waals surface area contributed by atoms with Crippen LogP contribution in [0.2, 0.25) is 0 Å². The minimum absolute atomic E-state index is 0.662. The molecule has 0 amide bonds. The van der Waals surface area contributed by atoms with Gasteiger partial charge in [0.05, 0.1) is 31.2 Å². The van der Waals surface area contributed by atoms with Gasteiger partial charge in [0, 0.05) is 11.1 Å². The first-order valence-corrected chi connectivity index (χ1v) is 11.9. The number of rotatable bonds is 8. The Bertz CT molecular complexity index is 1300. The summed E-state index contributed by atoms with van der Waals surface area (Å²) in [5, 5.41) is 12.7. The fourth-order valence-electron chi connectivity index (χ4n) is 3.35. The zero-order valence-electron chi connectivity index (χ0n) is 17.3. The minimum atomic E-state index is 0.662. The number of ether oxygens (including phenoxy) is 1. The maximum Gasteiger partial charge on any atom is 0.200 e. The molecule has 0 aliphatic rings. The number of hydrogen-bond donors (Lipinski definition) is 0. The molecule has 0 unspecified atom stereocenters. The summed E-state index contributed by atoms with van der Waals surface area (Å²) in [6.07, 6.45) is 1.65. The van der Waals surface area contributed by atoms with E-state index in [9.17, 15) is 0 Å². The van der Waals surface area contributed by atoms with E-state index in [1.165, 1.54) is 5.56 Å². The molecule has 0 aliphatic carbocycles. The summed E-state index contributed by atoms with van der Waals surface area (Å²) in [4.78, 5) is 4.82. The third-order valence-electron chi connectivity index (χ3n) is 4.88. The lowest BCUT2D eigenvalue weighted by Gasteiger charge is -2.09. The minimum Gasteiger partial charge on any atom is -0.496 e. The number of thioether (sulfide) groups is 1. The summed E-state index contributed by atoms with van der Waals surface area (Å²) < 4.78 is 13.2. The highest BCUT2D eigenvalue weighted by atomic mass is 32.2. The molecule has 6 nitrogen and oxygen atoms in total. The third-order valence-corrected chi connectivity index (χ3v) is 6.80. The van der Waals surface area contributed by atoms with Crippen molar-refractivity contribution in [3.05, 3.63) is 89.6 Å². The second-order valence-electron chi connectivity index (χ2n) is 6.99. The van der Waals surface area contributed by atoms with Gasteiger partial charge in [0.25, 0.3) is 0 Å². The quantitative estimate of drug-likeness (QED) is 0.264. The number of aromatic nitrogens is 4. The van der Waals surface area contributed by atoms with Crippen molar-refractivity contribution in [1.29, 1.82) is 0 Å². The Hall–Kier alpha value is -3.36. The monoisotopic (exact) mass is 460 g/mol. The van der Waals surface area contributed by atoms with Crippen LogP contribution in [-0.2, 0) is 12.3 Å². The molecule has 0 fully saturated rings. The van der Waals surface area contributed by atoms with Crippen molar-refractivity contribution < 1.29 is 9.15 Å². The molecule has 5 rings (SSSR count). The summed E-state index contributed by atoms with van der Waals surface area (Å²) in [6, 6.07) is 22.0. The largest absolute Gasteiger partial charge is 0.496 e. The molecule has 0 aliphatic heterocycles. The molecule has 3 aromatic heterocycles. The van der Waals surface area contributed by atoms with Gasteiger partial charge in [0.1, 0.15) is 10.8 Å². The van der Waals surface area contributed by atoms with E-state index in [-0.39, 0.29) is 0 Å². The van der Waals surface area contributed by atoms with E-state index < -0.39 is 0 Å². The highest BCUT2D eigenvalue weighted by Gasteiger charge is 2.18. The predicted octanol–water partition coefficient (Wildman–Crippen LogP) is 6.01. The average molecular weight is 461 g/mol. The third kappa shape index (κ3) is 4.32. The van der Waals surface area contributed by atoms with Gasteiger partial charge < -0.3 is 9.15 Å². The maximum atomic E-state index is 5.59. The molecule has 3 heterocycles. The Kier molecular flexibility index (Phi) is 6.04. The Morgan fingerprint density at radius 1 is 1.00 bits per heavy atom. The predicted molar refractivity (Wildman–Crippen MR) is 127 cm³/mol. The summed E-state index contributed by atoms with van der Waals surface area (Å²) >= 11 is 3.23. The summed E-state index contributed by atoms with van der Waals surface area (Å²) in [7, 11) is 1.68. The molecule has 160 valence electrons. The molecule has 8 heteroatoms. The SMILES string of the molecule is COc1ccccc1-c1nc(CSc2nnc(-c3ccco3)n2Cc2ccccc2)cs1. The van der Waals surface area contributed by atoms with Gasteiger partial charge in [-0.15, -0.1) is 21.5 Å². The normalized spacial score (nSPS) is 11.0. The van der Waals surface area contributed by atoms with Crippen molar-refractivity contribution >= 4 is 23.1 Å². The van der Waals surface area contributed by atoms with E-state index in [0.717, 1.165) is 27.2 Å². The fraction of sp³-hybridized carbons (Fsp3) is 0.125. The molecule has 0 bridgehead atoms. The van der Waals surface area contributed by atoms with Crippen molar-refractivity contribution in [1.82, 2.24) is 19.7 Å². The second-order valence-corrected chi connectivity index (χ2v) is 8.79. The van der Waals surface area contributed by atoms with E-state index in [4.69, 9.17) is 14.1 Å². The average Bonchev–Trinajstić information content (AvgIpc) is 3.60. The fourth-order valence-corrected chi connectivity index (χ4v) is 5.13. The van der Waals surface area contributed by atoms with Gasteiger partial charge >= 0.3 is 0 Å². The Balaban J connectivity index is 1.38. The highest BCUT2D eigenvalue weighted by molar-refractivity contribution is 7.98. The van der Waals surface area contributed by atoms with E-state index in [0.29, 0.717) is 23.9 Å². The Morgan fingerprint density at radius 2 is 1.84 bits per heavy atom. The van der Waals surface area contributed by atoms with Crippen LogP contribution in [0, 0.1) is 0 Å². The van der Waals surface area contributed by atoms with Crippen LogP contribution in [0.3, 0.4) is 0 Å². The van der Waals surface area contributed by atoms with Crippen molar-refractivity contribution in [2.24, 2.45) is 0 Å². The number of benzene rings is 2. The van der Waals surface area contributed by atoms with Crippen LogP contribution in [0.1, 0.15) is 11.3 Å². The van der Waals surface area contributed by atoms with Crippen molar-refractivity contribution in [3.63, 3.8) is 0 Å². The number of thiazole rings is 1. The number of hydrogen-bond acceptors (Lipinski definition) is 7. The van der Waals surface area contributed by atoms with Gasteiger partial charge in [-0.1, -0.05) is 54.2 Å². The van der Waals surface area contributed by atoms with Gasteiger partial charge in [-0.2, -0.15) is 0 Å². The lowest BCUT2D eigenvalue weighted by molar-refractivity contribution is 0.416. The number of nitrogens with zero attached hydrogens (tertiary/aromatic N) is 4. The first-order valence-electron chi connectivity index (χ1n) is 10.0. The van der Waals surface area contributed by atoms with Crippen LogP contribution in [0.4, 0.5) is 0 Å². The van der Waals surface area contributed by atoms with Gasteiger partial charge in [0.15, 0.2) is 10.9 Å². The molecule has 0 radical (unpaired) electrons. The zero-order chi connectivity index (χ0) is 21.8. The van der Waals surface area contributed by atoms with Gasteiger partial charge in [-0.3, -0.25) is 4.57 Å². The standard InChI is InChI=1S/C24H20N4O2S2/c1-29-20-11-6-5-10-19(20)23-25-18(15-31-23)16-32-24-27-26-22(21-12-7-13-30-21)28(24)14-17-8-3-2-4-9-17/h2-13,15H,14,16H2,1H3. The van der Waals surface area contributed by atoms with E-state index in [2.05, 4.69) is 32.3 Å². The summed E-state index contributed by atoms with van der Waals surface area (Å²) in [5.41, 5.74) is 3.17. The second kappa shape index (κ2) is 9.42. The van der Waals surface area contributed by atoms with Crippen LogP contribution in [0.15, 0.2) is 87.9 Å². The van der Waals surface area contributed by atoms with Crippen molar-refractivity contribution in [2.45, 2.75) is 17.5 Å². The maximum absolute atomic E-state index is 5.59. The molecule has 0 saturated heterocycles. The topological polar surface area (TPSA) is 66.0 Å². The molecule has 0 atom stereocenters. The molecule has 0 spiro atoms. The van der Waals surface area contributed by atoms with Crippen LogP contribution in [-0.4, -0.2) is 26.9 Å². The lowest BCUT2D eigenvalue weighted by atomic mass is 10.2. The summed E-state index contributed by atoms with van der Waals surface area (Å²) in [6.45, 7) is 0.662. The van der Waals surface area contributed by atoms with Crippen LogP contribution in [0.5, 0.6) is 5.75 Å². The molecule has 32 heavy (non-hydrogen) atoms. The van der Waals surface area contributed by atoms with E-state index in [1.54, 1.807) is 36.5 Å². The zero-order valence-corrected chi connectivity index (χ0v) is 19.0. The number of furan rings is 1. The van der Waals surface area contributed by atoms with Crippen LogP contribution < -0.4 is 4.74 Å². The van der Waals surface area contributed by atoms with Crippen LogP contribution >= 0.6 is 23.1 Å². The lowest BCUT2D eigenvalue weighted by Crippen LogP contribution is -2.04. The number of methoxy groups -OCH3 is 1. The molecule has 0 N–H and O–H groups in total. The molecule has 2 aromatic carbocycles. The van der Waals surface area contributed by atoms with Crippen molar-refractivity contribution in [3.8, 4) is 27.9 Å². The van der Waals surface area contributed by atoms with Gasteiger partial charge in [0.2, 0.25) is 5.82 Å². The molecule has 0 saturated carbocycles. The smallest absolute Gasteiger partial charge is 0.200 e. The Morgan fingerprint density at radius 3 is 2.66 bits per heavy atom. The highest BCUT2D eigenvalue weighted by Crippen LogP contribution is 2.34. The van der Waals surface area contributed by atoms with Crippen molar-refractivity contribution in [2.75, 3.05) is 7.11 Å². The molecular formula is C24H20N4O2S2. The van der Waals surface area contributed by atoms with E-state index >= 15 is 0 Å². The Labute approximate surface area is 193 Å². The molecular weight excluding hydrogens is 440 g/mol. The molecule has 5 aromatic rings. The van der Waals surface area contributed by atoms with E-state index in [1.807, 2.05) is 54.6 Å². The van der Waals surface area contributed by atoms with Crippen LogP contribution in [0.25, 0.3) is 22.2 Å². The first-order chi connectivity index (χ1) is 15.8. The van der Waals surface area contributed by atoms with Gasteiger partial charge in [-0.25, -0.2) is 4.98 Å². The van der Waals surface area contributed by atoms with Gasteiger partial charge in [-0.05, 0) is 29.8 Å².